The molecule has 7 heteroatoms. The van der Waals surface area contributed by atoms with Gasteiger partial charge in [-0.1, -0.05) is 51.1 Å². The first-order valence-corrected chi connectivity index (χ1v) is 11.2. The van der Waals surface area contributed by atoms with Gasteiger partial charge in [0, 0.05) is 39.1 Å². The molecule has 1 aliphatic rings. The Labute approximate surface area is 199 Å². The average molecular weight is 530 g/mol. The van der Waals surface area contributed by atoms with Crippen LogP contribution in [-0.2, 0) is 4.79 Å². The summed E-state index contributed by atoms with van der Waals surface area (Å²) in [4.78, 5) is 20.9. The first-order valence-electron chi connectivity index (χ1n) is 11.2. The highest BCUT2D eigenvalue weighted by Gasteiger charge is 2.26. The van der Waals surface area contributed by atoms with Crippen molar-refractivity contribution in [2.24, 2.45) is 4.99 Å². The van der Waals surface area contributed by atoms with E-state index >= 15 is 0 Å². The van der Waals surface area contributed by atoms with Crippen LogP contribution < -0.4 is 10.6 Å². The third-order valence-corrected chi connectivity index (χ3v) is 5.92. The zero-order chi connectivity index (χ0) is 21.1. The minimum absolute atomic E-state index is 0. The van der Waals surface area contributed by atoms with Crippen LogP contribution in [0.5, 0.6) is 0 Å². The second-order valence-electron chi connectivity index (χ2n) is 7.57. The van der Waals surface area contributed by atoms with E-state index in [0.29, 0.717) is 24.4 Å². The van der Waals surface area contributed by atoms with Crippen molar-refractivity contribution in [1.82, 2.24) is 20.4 Å². The number of benzene rings is 1. The molecule has 1 fully saturated rings. The van der Waals surface area contributed by atoms with Crippen molar-refractivity contribution in [3.05, 3.63) is 35.9 Å². The lowest BCUT2D eigenvalue weighted by Crippen LogP contribution is -2.45. The van der Waals surface area contributed by atoms with Crippen LogP contribution in [0.1, 0.15) is 58.1 Å². The lowest BCUT2D eigenvalue weighted by molar-refractivity contribution is -0.129. The number of likely N-dealkylation sites (N-methyl/N-ethyl adjacent to an activating group) is 1. The molecule has 0 aliphatic carbocycles. The van der Waals surface area contributed by atoms with Crippen molar-refractivity contribution in [1.29, 1.82) is 0 Å². The molecule has 0 spiro atoms. The van der Waals surface area contributed by atoms with Crippen molar-refractivity contribution in [2.75, 3.05) is 39.8 Å². The highest BCUT2D eigenvalue weighted by molar-refractivity contribution is 14.0. The molecular weight excluding hydrogens is 489 g/mol. The Bertz CT molecular complexity index is 636. The van der Waals surface area contributed by atoms with Gasteiger partial charge in [0.15, 0.2) is 5.96 Å². The Hall–Kier alpha value is -1.35. The van der Waals surface area contributed by atoms with Crippen molar-refractivity contribution in [3.63, 3.8) is 0 Å². The largest absolute Gasteiger partial charge is 0.356 e. The number of rotatable bonds is 11. The fraction of sp³-hybridized carbons (Fsp3) is 0.652. The lowest BCUT2D eigenvalue weighted by atomic mass is 10.1. The van der Waals surface area contributed by atoms with Crippen LogP contribution in [0.15, 0.2) is 35.3 Å². The van der Waals surface area contributed by atoms with Gasteiger partial charge in [0.1, 0.15) is 0 Å². The van der Waals surface area contributed by atoms with Gasteiger partial charge in [-0.2, -0.15) is 0 Å². The SMILES string of the molecule is CCC(CCNC(=NC)NCC(c1ccccc1)N(CC)CC)N1CCCC1=O.I. The summed E-state index contributed by atoms with van der Waals surface area (Å²) in [5.41, 5.74) is 1.32. The second-order valence-corrected chi connectivity index (χ2v) is 7.57. The molecule has 1 amide bonds. The number of guanidine groups is 1. The number of halogens is 1. The molecular formula is C23H40IN5O. The van der Waals surface area contributed by atoms with E-state index in [0.717, 1.165) is 57.9 Å². The van der Waals surface area contributed by atoms with Gasteiger partial charge in [-0.3, -0.25) is 14.7 Å². The predicted molar refractivity (Wildman–Crippen MR) is 137 cm³/mol. The third-order valence-electron chi connectivity index (χ3n) is 5.92. The third kappa shape index (κ3) is 7.72. The summed E-state index contributed by atoms with van der Waals surface area (Å²) in [5.74, 6) is 1.13. The highest BCUT2D eigenvalue weighted by Crippen LogP contribution is 2.20. The molecule has 30 heavy (non-hydrogen) atoms. The van der Waals surface area contributed by atoms with Gasteiger partial charge in [0.05, 0.1) is 6.04 Å². The Morgan fingerprint density at radius 1 is 1.17 bits per heavy atom. The van der Waals surface area contributed by atoms with Crippen LogP contribution in [0.25, 0.3) is 0 Å². The zero-order valence-corrected chi connectivity index (χ0v) is 21.4. The van der Waals surface area contributed by atoms with Gasteiger partial charge in [-0.05, 0) is 37.9 Å². The first kappa shape index (κ1) is 26.7. The summed E-state index contributed by atoms with van der Waals surface area (Å²) in [5, 5.41) is 6.94. The molecule has 0 bridgehead atoms. The summed E-state index contributed by atoms with van der Waals surface area (Å²) in [6.45, 7) is 11.1. The average Bonchev–Trinajstić information content (AvgIpc) is 3.18. The van der Waals surface area contributed by atoms with Crippen LogP contribution in [0.4, 0.5) is 0 Å². The molecule has 1 aromatic rings. The van der Waals surface area contributed by atoms with E-state index in [4.69, 9.17) is 0 Å². The van der Waals surface area contributed by atoms with Crippen LogP contribution in [0.3, 0.4) is 0 Å². The van der Waals surface area contributed by atoms with Crippen LogP contribution >= 0.6 is 24.0 Å². The second kappa shape index (κ2) is 14.6. The number of nitrogens with one attached hydrogen (secondary N) is 2. The number of carbonyl (C=O) groups is 1. The van der Waals surface area contributed by atoms with Gasteiger partial charge in [0.2, 0.25) is 5.91 Å². The van der Waals surface area contributed by atoms with E-state index in [2.05, 4.69) is 76.5 Å². The monoisotopic (exact) mass is 529 g/mol. The van der Waals surface area contributed by atoms with E-state index in [1.807, 2.05) is 7.05 Å². The van der Waals surface area contributed by atoms with Gasteiger partial charge in [-0.15, -0.1) is 24.0 Å². The quantitative estimate of drug-likeness (QED) is 0.261. The van der Waals surface area contributed by atoms with E-state index in [1.165, 1.54) is 5.56 Å². The molecule has 2 atom stereocenters. The summed E-state index contributed by atoms with van der Waals surface area (Å²) < 4.78 is 0. The van der Waals surface area contributed by atoms with E-state index in [1.54, 1.807) is 0 Å². The molecule has 6 nitrogen and oxygen atoms in total. The van der Waals surface area contributed by atoms with E-state index < -0.39 is 0 Å². The minimum atomic E-state index is 0. The molecule has 0 aromatic heterocycles. The summed E-state index contributed by atoms with van der Waals surface area (Å²) in [7, 11) is 1.81. The Morgan fingerprint density at radius 2 is 1.87 bits per heavy atom. The molecule has 2 N–H and O–H groups in total. The number of aliphatic imine (C=N–C) groups is 1. The van der Waals surface area contributed by atoms with Crippen molar-refractivity contribution < 1.29 is 4.79 Å². The topological polar surface area (TPSA) is 60.0 Å². The summed E-state index contributed by atoms with van der Waals surface area (Å²) in [6, 6.07) is 11.3. The van der Waals surface area contributed by atoms with Crippen molar-refractivity contribution >= 4 is 35.8 Å². The standard InChI is InChI=1S/C23H39N5O.HI/c1-5-20(28-17-11-14-22(28)29)15-16-25-23(24-4)26-18-21(27(6-2)7-3)19-12-9-8-10-13-19;/h8-10,12-13,20-21H,5-7,11,14-18H2,1-4H3,(H2,24,25,26);1H. The van der Waals surface area contributed by atoms with E-state index in [-0.39, 0.29) is 24.0 Å². The smallest absolute Gasteiger partial charge is 0.222 e. The molecule has 1 aromatic carbocycles. The molecule has 2 unspecified atom stereocenters. The molecule has 1 heterocycles. The zero-order valence-electron chi connectivity index (χ0n) is 19.1. The maximum atomic E-state index is 12.0. The van der Waals surface area contributed by atoms with Crippen molar-refractivity contribution in [2.45, 2.75) is 58.5 Å². The molecule has 0 radical (unpaired) electrons. The number of hydrogen-bond donors (Lipinski definition) is 2. The van der Waals surface area contributed by atoms with Crippen molar-refractivity contribution in [3.8, 4) is 0 Å². The van der Waals surface area contributed by atoms with Gasteiger partial charge < -0.3 is 15.5 Å². The Kier molecular flexibility index (Phi) is 13.0. The molecule has 2 rings (SSSR count). The molecule has 1 aliphatic heterocycles. The van der Waals surface area contributed by atoms with Gasteiger partial charge >= 0.3 is 0 Å². The first-order chi connectivity index (χ1) is 14.1. The summed E-state index contributed by atoms with van der Waals surface area (Å²) in [6.07, 6.45) is 3.65. The highest BCUT2D eigenvalue weighted by atomic mass is 127. The number of carbonyl (C=O) groups excluding carboxylic acids is 1. The van der Waals surface area contributed by atoms with Gasteiger partial charge in [0.25, 0.3) is 0 Å². The van der Waals surface area contributed by atoms with Crippen LogP contribution in [0.2, 0.25) is 0 Å². The fourth-order valence-electron chi connectivity index (χ4n) is 4.20. The Morgan fingerprint density at radius 3 is 2.40 bits per heavy atom. The number of likely N-dealkylation sites (tertiary alicyclic amines) is 1. The normalized spacial score (nSPS) is 16.4. The van der Waals surface area contributed by atoms with Crippen LogP contribution in [0, 0.1) is 0 Å². The number of hydrogen-bond acceptors (Lipinski definition) is 3. The fourth-order valence-corrected chi connectivity index (χ4v) is 4.20. The summed E-state index contributed by atoms with van der Waals surface area (Å²) >= 11 is 0. The van der Waals surface area contributed by atoms with Crippen LogP contribution in [-0.4, -0.2) is 67.5 Å². The number of amides is 1. The molecule has 170 valence electrons. The number of nitrogens with zero attached hydrogens (tertiary/aromatic N) is 3. The maximum Gasteiger partial charge on any atom is 0.222 e. The van der Waals surface area contributed by atoms with Gasteiger partial charge in [-0.25, -0.2) is 0 Å². The predicted octanol–water partition coefficient (Wildman–Crippen LogP) is 3.64. The van der Waals surface area contributed by atoms with E-state index in [9.17, 15) is 4.79 Å². The maximum absolute atomic E-state index is 12.0. The Balaban J connectivity index is 0.00000450. The molecule has 1 saturated heterocycles. The molecule has 0 saturated carbocycles. The minimum Gasteiger partial charge on any atom is -0.356 e. The lowest BCUT2D eigenvalue weighted by Gasteiger charge is -2.31.